The molecule has 0 saturated carbocycles. The zero-order valence-electron chi connectivity index (χ0n) is 12.5. The highest BCUT2D eigenvalue weighted by Gasteiger charge is 2.48. The van der Waals surface area contributed by atoms with Crippen LogP contribution in [0.15, 0.2) is 30.3 Å². The van der Waals surface area contributed by atoms with Crippen LogP contribution in [-0.4, -0.2) is 34.3 Å². The fraction of sp³-hybridized carbons (Fsp3) is 0.467. The van der Waals surface area contributed by atoms with Crippen molar-refractivity contribution in [2.45, 2.75) is 31.9 Å². The molecule has 0 aliphatic heterocycles. The van der Waals surface area contributed by atoms with E-state index >= 15 is 0 Å². The van der Waals surface area contributed by atoms with Crippen LogP contribution in [0.2, 0.25) is 12.1 Å². The first kappa shape index (κ1) is 16.8. The molecule has 0 N–H and O–H groups in total. The third-order valence-corrected chi connectivity index (χ3v) is 6.73. The van der Waals surface area contributed by atoms with Gasteiger partial charge in [0.2, 0.25) is 0 Å². The molecule has 0 aliphatic carbocycles. The smallest absolute Gasteiger partial charge is 0.353 e. The Morgan fingerprint density at radius 1 is 1.15 bits per heavy atom. The maximum atomic E-state index is 12.7. The van der Waals surface area contributed by atoms with Gasteiger partial charge in [-0.25, -0.2) is 0 Å². The van der Waals surface area contributed by atoms with Gasteiger partial charge in [-0.1, -0.05) is 37.3 Å². The van der Waals surface area contributed by atoms with Gasteiger partial charge in [0.15, 0.2) is 5.78 Å². The third kappa shape index (κ3) is 3.62. The van der Waals surface area contributed by atoms with Crippen LogP contribution in [-0.2, 0) is 13.6 Å². The molecule has 0 fully saturated rings. The van der Waals surface area contributed by atoms with Crippen molar-refractivity contribution in [3.05, 3.63) is 35.9 Å². The van der Waals surface area contributed by atoms with E-state index in [0.717, 1.165) is 0 Å². The van der Waals surface area contributed by atoms with Crippen LogP contribution in [0, 0.1) is 0 Å². The molecule has 5 heteroatoms. The van der Waals surface area contributed by atoms with Crippen LogP contribution in [0.3, 0.4) is 0 Å². The first-order valence-corrected chi connectivity index (χ1v) is 9.11. The molecular weight excluding hydrogens is 272 g/mol. The Morgan fingerprint density at radius 3 is 2.15 bits per heavy atom. The van der Waals surface area contributed by atoms with E-state index in [1.165, 1.54) is 14.2 Å². The van der Waals surface area contributed by atoms with Crippen LogP contribution in [0.5, 0.6) is 0 Å². The van der Waals surface area contributed by atoms with Crippen LogP contribution >= 0.6 is 0 Å². The summed E-state index contributed by atoms with van der Waals surface area (Å²) in [6, 6.07) is 8.84. The van der Waals surface area contributed by atoms with Crippen molar-refractivity contribution in [2.24, 2.45) is 0 Å². The fourth-order valence-electron chi connectivity index (χ4n) is 2.16. The van der Waals surface area contributed by atoms with Crippen molar-refractivity contribution in [1.29, 1.82) is 0 Å². The number of ketones is 2. The van der Waals surface area contributed by atoms with Gasteiger partial charge in [0.05, 0.1) is 0 Å². The van der Waals surface area contributed by atoms with Crippen molar-refractivity contribution >= 4 is 20.1 Å². The predicted octanol–water partition coefficient (Wildman–Crippen LogP) is 2.97. The highest BCUT2D eigenvalue weighted by Crippen LogP contribution is 2.30. The van der Waals surface area contributed by atoms with Crippen molar-refractivity contribution in [3.8, 4) is 0 Å². The van der Waals surface area contributed by atoms with Gasteiger partial charge in [0.25, 0.3) is 0 Å². The zero-order valence-corrected chi connectivity index (χ0v) is 13.5. The summed E-state index contributed by atoms with van der Waals surface area (Å²) in [6.07, 6.45) is 1.06. The second-order valence-corrected chi connectivity index (χ2v) is 8.23. The van der Waals surface area contributed by atoms with E-state index in [1.54, 1.807) is 30.8 Å². The highest BCUT2D eigenvalue weighted by molar-refractivity contribution is 6.76. The van der Waals surface area contributed by atoms with E-state index in [9.17, 15) is 9.59 Å². The van der Waals surface area contributed by atoms with Gasteiger partial charge in [0.1, 0.15) is 11.3 Å². The van der Waals surface area contributed by atoms with Crippen LogP contribution in [0.4, 0.5) is 0 Å². The molecule has 1 rings (SSSR count). The molecule has 20 heavy (non-hydrogen) atoms. The molecule has 1 aromatic carbocycles. The summed E-state index contributed by atoms with van der Waals surface area (Å²) in [5.41, 5.74) is -0.297. The number of Topliss-reactive ketones (excluding diaryl/α,β-unsaturated/α-hetero) is 2. The highest BCUT2D eigenvalue weighted by atomic mass is 28.4. The van der Waals surface area contributed by atoms with Gasteiger partial charge < -0.3 is 8.85 Å². The number of rotatable bonds is 8. The van der Waals surface area contributed by atoms with E-state index in [0.29, 0.717) is 18.4 Å². The van der Waals surface area contributed by atoms with Gasteiger partial charge in [0, 0.05) is 26.2 Å². The molecule has 0 bridgehead atoms. The Labute approximate surface area is 121 Å². The number of hydrogen-bond donors (Lipinski definition) is 0. The second-order valence-electron chi connectivity index (χ2n) is 4.80. The summed E-state index contributed by atoms with van der Waals surface area (Å²) in [7, 11) is 0.128. The monoisotopic (exact) mass is 294 g/mol. The molecule has 1 unspecified atom stereocenters. The Bertz CT molecular complexity index is 454. The molecule has 1 atom stereocenters. The summed E-state index contributed by atoms with van der Waals surface area (Å²) in [4.78, 5) is 25.1. The van der Waals surface area contributed by atoms with Gasteiger partial charge in [-0.3, -0.25) is 9.59 Å². The Morgan fingerprint density at radius 2 is 1.70 bits per heavy atom. The van der Waals surface area contributed by atoms with E-state index in [2.05, 4.69) is 0 Å². The van der Waals surface area contributed by atoms with Crippen molar-refractivity contribution < 1.29 is 18.4 Å². The first-order valence-electron chi connectivity index (χ1n) is 6.72. The fourth-order valence-corrected chi connectivity index (χ4v) is 4.17. The van der Waals surface area contributed by atoms with Crippen LogP contribution in [0.25, 0.3) is 0 Å². The summed E-state index contributed by atoms with van der Waals surface area (Å²) in [6.45, 7) is 3.67. The minimum atomic E-state index is -2.87. The maximum Gasteiger partial charge on any atom is 0.353 e. The minimum absolute atomic E-state index is 0.0979. The maximum absolute atomic E-state index is 12.7. The van der Waals surface area contributed by atoms with Crippen molar-refractivity contribution in [2.75, 3.05) is 14.2 Å². The molecule has 110 valence electrons. The molecule has 0 spiro atoms. The first-order chi connectivity index (χ1) is 9.50. The van der Waals surface area contributed by atoms with Gasteiger partial charge in [-0.2, -0.15) is 0 Å². The Kier molecular flexibility index (Phi) is 6.26. The number of carbonyl (C=O) groups excluding carboxylic acids is 2. The largest absolute Gasteiger partial charge is 0.397 e. The Balaban J connectivity index is 3.17. The average molecular weight is 294 g/mol. The van der Waals surface area contributed by atoms with Crippen LogP contribution in [0.1, 0.15) is 30.1 Å². The predicted molar refractivity (Wildman–Crippen MR) is 80.1 cm³/mol. The summed E-state index contributed by atoms with van der Waals surface area (Å²) < 4.78 is 10.9. The van der Waals surface area contributed by atoms with Crippen molar-refractivity contribution in [1.82, 2.24) is 0 Å². The topological polar surface area (TPSA) is 52.6 Å². The lowest BCUT2D eigenvalue weighted by atomic mass is 10.0. The summed E-state index contributed by atoms with van der Waals surface area (Å²) in [5, 5.41) is 0. The zero-order chi connectivity index (χ0) is 15.2. The third-order valence-electron chi connectivity index (χ3n) is 3.47. The van der Waals surface area contributed by atoms with Gasteiger partial charge >= 0.3 is 8.56 Å². The second kappa shape index (κ2) is 7.47. The van der Waals surface area contributed by atoms with Crippen molar-refractivity contribution in [3.63, 3.8) is 0 Å². The summed E-state index contributed by atoms with van der Waals surface area (Å²) in [5.74, 6) is -0.305. The molecule has 4 nitrogen and oxygen atoms in total. The average Bonchev–Trinajstić information content (AvgIpc) is 2.48. The van der Waals surface area contributed by atoms with E-state index in [4.69, 9.17) is 8.85 Å². The summed E-state index contributed by atoms with van der Waals surface area (Å²) >= 11 is 0. The van der Waals surface area contributed by atoms with Gasteiger partial charge in [-0.15, -0.1) is 0 Å². The van der Waals surface area contributed by atoms with E-state index in [-0.39, 0.29) is 11.6 Å². The van der Waals surface area contributed by atoms with Crippen LogP contribution < -0.4 is 0 Å². The molecule has 0 aromatic heterocycles. The minimum Gasteiger partial charge on any atom is -0.397 e. The number of carbonyl (C=O) groups is 2. The molecule has 0 amide bonds. The van der Waals surface area contributed by atoms with E-state index in [1.807, 2.05) is 13.0 Å². The standard InChI is InChI=1S/C15H22O4Si/c1-5-9-13(16)15(20(4,18-2)19-3)14(17)12-10-7-6-8-11-12/h6-8,10-11,15H,5,9H2,1-4H3. The molecule has 1 aromatic rings. The normalized spacial score (nSPS) is 13.0. The molecule has 0 radical (unpaired) electrons. The van der Waals surface area contributed by atoms with E-state index < -0.39 is 14.1 Å². The lowest BCUT2D eigenvalue weighted by molar-refractivity contribution is -0.118. The molecular formula is C15H22O4Si. The lowest BCUT2D eigenvalue weighted by Gasteiger charge is -2.30. The quantitative estimate of drug-likeness (QED) is 0.420. The number of hydrogen-bond acceptors (Lipinski definition) is 4. The SMILES string of the molecule is CCCC(=O)C(C(=O)c1ccccc1)[Si](C)(OC)OC. The molecule has 0 saturated heterocycles. The molecule has 0 aliphatic rings. The number of benzene rings is 1. The van der Waals surface area contributed by atoms with Gasteiger partial charge in [-0.05, 0) is 13.0 Å². The Hall–Kier alpha value is -1.30. The molecule has 0 heterocycles. The lowest BCUT2D eigenvalue weighted by Crippen LogP contribution is -2.48.